The third-order valence-electron chi connectivity index (χ3n) is 6.63. The van der Waals surface area contributed by atoms with Crippen molar-refractivity contribution < 1.29 is 9.59 Å². The zero-order valence-electron chi connectivity index (χ0n) is 17.1. The van der Waals surface area contributed by atoms with Gasteiger partial charge >= 0.3 is 0 Å². The number of aromatic amines is 1. The molecule has 0 unspecified atom stereocenters. The van der Waals surface area contributed by atoms with Gasteiger partial charge in [-0.15, -0.1) is 0 Å². The molecular formula is C24H26N4O2. The lowest BCUT2D eigenvalue weighted by molar-refractivity contribution is -0.134. The average molecular weight is 402 g/mol. The summed E-state index contributed by atoms with van der Waals surface area (Å²) in [6.07, 6.45) is 6.55. The summed E-state index contributed by atoms with van der Waals surface area (Å²) in [6.45, 7) is 3.37. The molecule has 2 amide bonds. The van der Waals surface area contributed by atoms with Crippen LogP contribution in [0.15, 0.2) is 48.7 Å². The number of piperidine rings is 1. The molecule has 6 heteroatoms. The van der Waals surface area contributed by atoms with Gasteiger partial charge in [-0.1, -0.05) is 30.3 Å². The second-order valence-corrected chi connectivity index (χ2v) is 8.73. The van der Waals surface area contributed by atoms with Crippen molar-refractivity contribution in [1.82, 2.24) is 20.2 Å². The minimum Gasteiger partial charge on any atom is -0.349 e. The Hall–Kier alpha value is -3.15. The van der Waals surface area contributed by atoms with Crippen molar-refractivity contribution in [2.45, 2.75) is 38.6 Å². The van der Waals surface area contributed by atoms with Gasteiger partial charge in [-0.3, -0.25) is 14.6 Å². The lowest BCUT2D eigenvalue weighted by Crippen LogP contribution is -2.49. The molecule has 1 saturated heterocycles. The summed E-state index contributed by atoms with van der Waals surface area (Å²) in [7, 11) is 0. The monoisotopic (exact) mass is 402 g/mol. The number of benzene rings is 1. The lowest BCUT2D eigenvalue weighted by Gasteiger charge is -2.33. The number of carbonyl (C=O) groups excluding carboxylic acids is 2. The normalized spacial score (nSPS) is 18.4. The number of nitrogens with zero attached hydrogens (tertiary/aromatic N) is 2. The van der Waals surface area contributed by atoms with Crippen LogP contribution in [0.1, 0.15) is 43.1 Å². The van der Waals surface area contributed by atoms with Crippen molar-refractivity contribution in [3.05, 3.63) is 54.4 Å². The zero-order valence-corrected chi connectivity index (χ0v) is 17.1. The Morgan fingerprint density at radius 1 is 1.10 bits per heavy atom. The van der Waals surface area contributed by atoms with Gasteiger partial charge in [-0.25, -0.2) is 0 Å². The summed E-state index contributed by atoms with van der Waals surface area (Å²) in [6, 6.07) is 13.2. The van der Waals surface area contributed by atoms with Crippen LogP contribution in [0.25, 0.3) is 22.2 Å². The predicted octanol–water partition coefficient (Wildman–Crippen LogP) is 3.75. The van der Waals surface area contributed by atoms with E-state index in [9.17, 15) is 9.59 Å². The molecule has 2 fully saturated rings. The summed E-state index contributed by atoms with van der Waals surface area (Å²) in [4.78, 5) is 35.0. The first-order valence-electron chi connectivity index (χ1n) is 10.7. The van der Waals surface area contributed by atoms with Crippen molar-refractivity contribution in [2.24, 2.45) is 5.41 Å². The van der Waals surface area contributed by atoms with Crippen LogP contribution in [0.4, 0.5) is 0 Å². The fraction of sp³-hybridized carbons (Fsp3) is 0.375. The number of pyridine rings is 1. The molecule has 1 aliphatic heterocycles. The van der Waals surface area contributed by atoms with Gasteiger partial charge in [0.15, 0.2) is 0 Å². The summed E-state index contributed by atoms with van der Waals surface area (Å²) in [5.41, 5.74) is 3.65. The van der Waals surface area contributed by atoms with Crippen LogP contribution >= 0.6 is 0 Å². The smallest absolute Gasteiger partial charge is 0.268 e. The Kier molecular flexibility index (Phi) is 4.57. The number of rotatable bonds is 4. The largest absolute Gasteiger partial charge is 0.349 e. The topological polar surface area (TPSA) is 78.1 Å². The van der Waals surface area contributed by atoms with E-state index < -0.39 is 6.04 Å². The van der Waals surface area contributed by atoms with Gasteiger partial charge in [0.2, 0.25) is 5.91 Å². The van der Waals surface area contributed by atoms with Crippen LogP contribution in [0, 0.1) is 5.41 Å². The number of amides is 2. The highest BCUT2D eigenvalue weighted by atomic mass is 16.2. The molecule has 2 N–H and O–H groups in total. The van der Waals surface area contributed by atoms with Gasteiger partial charge in [-0.05, 0) is 50.2 Å². The number of nitrogens with one attached hydrogen (secondary N) is 2. The van der Waals surface area contributed by atoms with E-state index in [1.807, 2.05) is 47.4 Å². The Balaban J connectivity index is 1.26. The SMILES string of the molecule is C[C@@H](NC(=O)c1cc2cc(-c3ccccc3)ncc2[nH]1)C(=O)N1CCC2(CC1)CC2. The van der Waals surface area contributed by atoms with Gasteiger partial charge < -0.3 is 15.2 Å². The third-order valence-corrected chi connectivity index (χ3v) is 6.63. The van der Waals surface area contributed by atoms with Gasteiger partial charge in [0.1, 0.15) is 11.7 Å². The van der Waals surface area contributed by atoms with Crippen molar-refractivity contribution in [1.29, 1.82) is 0 Å². The highest BCUT2D eigenvalue weighted by Crippen LogP contribution is 2.53. The maximum Gasteiger partial charge on any atom is 0.268 e. The maximum absolute atomic E-state index is 12.8. The number of carbonyl (C=O) groups is 2. The van der Waals surface area contributed by atoms with E-state index in [-0.39, 0.29) is 11.8 Å². The Labute approximate surface area is 175 Å². The number of fused-ring (bicyclic) bond motifs is 1. The minimum absolute atomic E-state index is 0.00277. The summed E-state index contributed by atoms with van der Waals surface area (Å²) >= 11 is 0. The van der Waals surface area contributed by atoms with Crippen molar-refractivity contribution in [3.63, 3.8) is 0 Å². The van der Waals surface area contributed by atoms with Crippen LogP contribution < -0.4 is 5.32 Å². The number of H-pyrrole nitrogens is 1. The molecule has 1 aromatic carbocycles. The molecule has 5 rings (SSSR count). The van der Waals surface area contributed by atoms with E-state index in [4.69, 9.17) is 0 Å². The molecule has 30 heavy (non-hydrogen) atoms. The Morgan fingerprint density at radius 3 is 2.53 bits per heavy atom. The molecule has 2 aromatic heterocycles. The fourth-order valence-electron chi connectivity index (χ4n) is 4.41. The van der Waals surface area contributed by atoms with Crippen molar-refractivity contribution >= 4 is 22.7 Å². The fourth-order valence-corrected chi connectivity index (χ4v) is 4.41. The second kappa shape index (κ2) is 7.27. The van der Waals surface area contributed by atoms with Gasteiger partial charge in [0.05, 0.1) is 17.4 Å². The molecule has 1 atom stereocenters. The van der Waals surface area contributed by atoms with Gasteiger partial charge in [0.25, 0.3) is 5.91 Å². The van der Waals surface area contributed by atoms with E-state index in [2.05, 4.69) is 15.3 Å². The molecular weight excluding hydrogens is 376 g/mol. The van der Waals surface area contributed by atoms with Crippen LogP contribution in [0.5, 0.6) is 0 Å². The summed E-state index contributed by atoms with van der Waals surface area (Å²) in [5, 5.41) is 3.77. The molecule has 3 heterocycles. The maximum atomic E-state index is 12.8. The standard InChI is InChI=1S/C24H26N4O2/c1-16(23(30)28-11-9-24(7-8-24)10-12-28)26-22(29)20-14-18-13-19(25-15-21(18)27-20)17-5-3-2-4-6-17/h2-6,13-16,27H,7-12H2,1H3,(H,26,29)/t16-/m1/s1. The number of hydrogen-bond acceptors (Lipinski definition) is 3. The lowest BCUT2D eigenvalue weighted by atomic mass is 9.93. The van der Waals surface area contributed by atoms with Crippen molar-refractivity contribution in [2.75, 3.05) is 13.1 Å². The van der Waals surface area contributed by atoms with Gasteiger partial charge in [-0.2, -0.15) is 0 Å². The highest BCUT2D eigenvalue weighted by molar-refractivity contribution is 6.00. The van der Waals surface area contributed by atoms with Crippen LogP contribution in [-0.4, -0.2) is 45.8 Å². The second-order valence-electron chi connectivity index (χ2n) is 8.73. The first-order chi connectivity index (χ1) is 14.5. The van der Waals surface area contributed by atoms with E-state index >= 15 is 0 Å². The van der Waals surface area contributed by atoms with E-state index in [0.717, 1.165) is 48.1 Å². The highest BCUT2D eigenvalue weighted by Gasteiger charge is 2.45. The third kappa shape index (κ3) is 3.58. The number of aromatic nitrogens is 2. The van der Waals surface area contributed by atoms with Crippen LogP contribution in [0.2, 0.25) is 0 Å². The Bertz CT molecular complexity index is 1090. The number of hydrogen-bond donors (Lipinski definition) is 2. The van der Waals surface area contributed by atoms with E-state index in [1.165, 1.54) is 12.8 Å². The first kappa shape index (κ1) is 18.9. The minimum atomic E-state index is -0.546. The van der Waals surface area contributed by atoms with Crippen LogP contribution in [-0.2, 0) is 4.79 Å². The predicted molar refractivity (Wildman–Crippen MR) is 116 cm³/mol. The summed E-state index contributed by atoms with van der Waals surface area (Å²) < 4.78 is 0. The molecule has 3 aromatic rings. The quantitative estimate of drug-likeness (QED) is 0.698. The molecule has 154 valence electrons. The van der Waals surface area contributed by atoms with Crippen molar-refractivity contribution in [3.8, 4) is 11.3 Å². The molecule has 0 bridgehead atoms. The van der Waals surface area contributed by atoms with Crippen LogP contribution in [0.3, 0.4) is 0 Å². The van der Waals surface area contributed by atoms with E-state index in [1.54, 1.807) is 13.1 Å². The first-order valence-corrected chi connectivity index (χ1v) is 10.7. The Morgan fingerprint density at radius 2 is 1.83 bits per heavy atom. The average Bonchev–Trinajstić information content (AvgIpc) is 3.38. The molecule has 1 aliphatic carbocycles. The van der Waals surface area contributed by atoms with Gasteiger partial charge in [0, 0.05) is 24.0 Å². The summed E-state index contributed by atoms with van der Waals surface area (Å²) in [5.74, 6) is -0.271. The number of likely N-dealkylation sites (tertiary alicyclic amines) is 1. The molecule has 1 spiro atoms. The molecule has 0 radical (unpaired) electrons. The molecule has 1 saturated carbocycles. The molecule has 2 aliphatic rings. The van der Waals surface area contributed by atoms with E-state index in [0.29, 0.717) is 11.1 Å². The molecule has 6 nitrogen and oxygen atoms in total. The zero-order chi connectivity index (χ0) is 20.7.